The van der Waals surface area contributed by atoms with Crippen LogP contribution in [0.4, 0.5) is 24.8 Å². The maximum absolute atomic E-state index is 12.9. The number of rotatable bonds is 6. The molecule has 5 rings (SSSR count). The number of nitrogens with one attached hydrogen (secondary N) is 1. The number of aromatic nitrogens is 6. The molecule has 0 saturated heterocycles. The lowest BCUT2D eigenvalue weighted by atomic mass is 10.1. The third-order valence-electron chi connectivity index (χ3n) is 5.65. The highest BCUT2D eigenvalue weighted by atomic mass is 19.4. The molecule has 1 aromatic carbocycles. The molecule has 1 aliphatic carbocycles. The van der Waals surface area contributed by atoms with Gasteiger partial charge in [-0.25, -0.2) is 19.3 Å². The first-order chi connectivity index (χ1) is 16.3. The second-order valence-electron chi connectivity index (χ2n) is 8.19. The number of halogens is 3. The van der Waals surface area contributed by atoms with Crippen LogP contribution >= 0.6 is 0 Å². The Morgan fingerprint density at radius 2 is 1.94 bits per heavy atom. The van der Waals surface area contributed by atoms with Crippen LogP contribution in [0.3, 0.4) is 0 Å². The average Bonchev–Trinajstić information content (AvgIpc) is 3.39. The number of alkyl halides is 3. The molecular weight excluding hydrogens is 445 g/mol. The van der Waals surface area contributed by atoms with Gasteiger partial charge in [0.15, 0.2) is 5.82 Å². The van der Waals surface area contributed by atoms with Crippen molar-refractivity contribution in [2.45, 2.75) is 32.5 Å². The maximum atomic E-state index is 12.9. The summed E-state index contributed by atoms with van der Waals surface area (Å²) in [5, 5.41) is 20.9. The molecule has 0 bridgehead atoms. The molecule has 172 valence electrons. The summed E-state index contributed by atoms with van der Waals surface area (Å²) < 4.78 is 41.8. The van der Waals surface area contributed by atoms with Crippen LogP contribution in [0.15, 0.2) is 49.1 Å². The summed E-state index contributed by atoms with van der Waals surface area (Å²) in [6.07, 6.45) is 0.712. The van der Waals surface area contributed by atoms with Gasteiger partial charge in [0.2, 0.25) is 0 Å². The lowest BCUT2D eigenvalue weighted by molar-refractivity contribution is -0.137. The molecule has 0 spiro atoms. The number of benzene rings is 1. The summed E-state index contributed by atoms with van der Waals surface area (Å²) in [4.78, 5) is 8.29. The van der Waals surface area contributed by atoms with Gasteiger partial charge in [0, 0.05) is 29.9 Å². The second-order valence-corrected chi connectivity index (χ2v) is 8.19. The van der Waals surface area contributed by atoms with E-state index in [4.69, 9.17) is 10.4 Å². The van der Waals surface area contributed by atoms with E-state index in [1.54, 1.807) is 12.1 Å². The fourth-order valence-electron chi connectivity index (χ4n) is 3.62. The van der Waals surface area contributed by atoms with Gasteiger partial charge in [0.25, 0.3) is 0 Å². The Labute approximate surface area is 192 Å². The molecular formula is C23H19F3N8. The zero-order valence-corrected chi connectivity index (χ0v) is 18.1. The highest BCUT2D eigenvalue weighted by molar-refractivity contribution is 5.71. The quantitative estimate of drug-likeness (QED) is 0.437. The Hall–Kier alpha value is -4.20. The monoisotopic (exact) mass is 464 g/mol. The predicted octanol–water partition coefficient (Wildman–Crippen LogP) is 4.88. The first-order valence-electron chi connectivity index (χ1n) is 10.6. The first-order valence-corrected chi connectivity index (χ1v) is 10.6. The van der Waals surface area contributed by atoms with Crippen LogP contribution in [0.2, 0.25) is 0 Å². The van der Waals surface area contributed by atoms with E-state index >= 15 is 0 Å². The first kappa shape index (κ1) is 21.6. The molecule has 11 heteroatoms. The van der Waals surface area contributed by atoms with Crippen molar-refractivity contribution in [3.8, 4) is 23.1 Å². The molecule has 1 N–H and O–H groups in total. The molecule has 0 aliphatic heterocycles. The molecule has 1 aliphatic rings. The predicted molar refractivity (Wildman–Crippen MR) is 117 cm³/mol. The van der Waals surface area contributed by atoms with Crippen LogP contribution in [0.1, 0.15) is 29.5 Å². The van der Waals surface area contributed by atoms with Gasteiger partial charge in [-0.15, -0.1) is 0 Å². The number of nitriles is 1. The Kier molecular flexibility index (Phi) is 5.28. The van der Waals surface area contributed by atoms with Crippen molar-refractivity contribution in [3.05, 3.63) is 65.7 Å². The molecule has 1 saturated carbocycles. The molecule has 1 fully saturated rings. The van der Waals surface area contributed by atoms with Gasteiger partial charge in [0.05, 0.1) is 29.1 Å². The van der Waals surface area contributed by atoms with Gasteiger partial charge in [-0.2, -0.15) is 28.6 Å². The third-order valence-corrected chi connectivity index (χ3v) is 5.65. The zero-order chi connectivity index (χ0) is 23.9. The summed E-state index contributed by atoms with van der Waals surface area (Å²) in [7, 11) is 0. The van der Waals surface area contributed by atoms with E-state index in [2.05, 4.69) is 26.5 Å². The van der Waals surface area contributed by atoms with Crippen molar-refractivity contribution < 1.29 is 13.2 Å². The fraction of sp³-hybridized carbons (Fsp3) is 0.261. The molecule has 3 heterocycles. The van der Waals surface area contributed by atoms with Crippen molar-refractivity contribution in [2.75, 3.05) is 5.32 Å². The summed E-state index contributed by atoms with van der Waals surface area (Å²) >= 11 is 0. The molecule has 0 radical (unpaired) electrons. The normalized spacial score (nSPS) is 13.6. The summed E-state index contributed by atoms with van der Waals surface area (Å²) in [5.74, 6) is 1.90. The van der Waals surface area contributed by atoms with Gasteiger partial charge < -0.3 is 5.32 Å². The van der Waals surface area contributed by atoms with Gasteiger partial charge in [0.1, 0.15) is 18.0 Å². The smallest absolute Gasteiger partial charge is 0.325 e. The minimum Gasteiger partial charge on any atom is -0.325 e. The van der Waals surface area contributed by atoms with E-state index in [-0.39, 0.29) is 5.82 Å². The molecule has 4 aromatic rings. The third kappa shape index (κ3) is 4.34. The van der Waals surface area contributed by atoms with E-state index in [1.807, 2.05) is 23.7 Å². The minimum absolute atomic E-state index is 0.200. The highest BCUT2D eigenvalue weighted by Gasteiger charge is 2.32. The number of anilines is 2. The van der Waals surface area contributed by atoms with Gasteiger partial charge in [-0.05, 0) is 37.8 Å². The van der Waals surface area contributed by atoms with E-state index in [9.17, 15) is 13.2 Å². The Bertz CT molecular complexity index is 1370. The molecule has 3 aromatic heterocycles. The number of hydrogen-bond donors (Lipinski definition) is 1. The van der Waals surface area contributed by atoms with Gasteiger partial charge in [-0.3, -0.25) is 0 Å². The van der Waals surface area contributed by atoms with Crippen molar-refractivity contribution in [1.82, 2.24) is 29.5 Å². The molecule has 8 nitrogen and oxygen atoms in total. The van der Waals surface area contributed by atoms with Crippen molar-refractivity contribution in [1.29, 1.82) is 5.26 Å². The SMILES string of the molecule is Cc1c(-c2ccc(C#N)cc2)nn(CC2CC2)c1Nc1cc(-n2cc(C(F)(F)F)cn2)ncn1. The number of hydrogen-bond acceptors (Lipinski definition) is 6. The molecule has 0 atom stereocenters. The standard InChI is InChI=1S/C23H19F3N8/c1-14-21(17-6-4-15(9-27)5-7-17)32-34(11-16-2-3-16)22(14)31-19-8-20(29-13-28-19)33-12-18(10-30-33)23(24,25)26/h4-8,10,12-13,16H,2-3,11H2,1H3,(H,28,29,31). The molecule has 0 unspecified atom stereocenters. The van der Waals surface area contributed by atoms with Crippen molar-refractivity contribution in [3.63, 3.8) is 0 Å². The van der Waals surface area contributed by atoms with Crippen LogP contribution in [0.25, 0.3) is 17.1 Å². The lowest BCUT2D eigenvalue weighted by Crippen LogP contribution is -2.08. The van der Waals surface area contributed by atoms with Crippen LogP contribution in [-0.4, -0.2) is 29.5 Å². The zero-order valence-electron chi connectivity index (χ0n) is 18.1. The van der Waals surface area contributed by atoms with Crippen LogP contribution in [-0.2, 0) is 12.7 Å². The minimum atomic E-state index is -4.49. The largest absolute Gasteiger partial charge is 0.419 e. The second kappa shape index (κ2) is 8.30. The Balaban J connectivity index is 1.48. The van der Waals surface area contributed by atoms with E-state index in [0.717, 1.165) is 59.1 Å². The van der Waals surface area contributed by atoms with Crippen molar-refractivity contribution >= 4 is 11.6 Å². The highest BCUT2D eigenvalue weighted by Crippen LogP contribution is 2.35. The average molecular weight is 464 g/mol. The van der Waals surface area contributed by atoms with Crippen LogP contribution in [0, 0.1) is 24.2 Å². The van der Waals surface area contributed by atoms with E-state index in [1.165, 1.54) is 12.4 Å². The summed E-state index contributed by atoms with van der Waals surface area (Å²) in [5.41, 5.74) is 2.27. The summed E-state index contributed by atoms with van der Waals surface area (Å²) in [6, 6.07) is 10.9. The lowest BCUT2D eigenvalue weighted by Gasteiger charge is -2.11. The van der Waals surface area contributed by atoms with Gasteiger partial charge >= 0.3 is 6.18 Å². The van der Waals surface area contributed by atoms with Crippen LogP contribution < -0.4 is 5.32 Å². The molecule has 0 amide bonds. The Morgan fingerprint density at radius 1 is 1.18 bits per heavy atom. The number of nitrogens with zero attached hydrogens (tertiary/aromatic N) is 7. The Morgan fingerprint density at radius 3 is 2.59 bits per heavy atom. The van der Waals surface area contributed by atoms with Crippen molar-refractivity contribution in [2.24, 2.45) is 5.92 Å². The van der Waals surface area contributed by atoms with Gasteiger partial charge in [-0.1, -0.05) is 12.1 Å². The van der Waals surface area contributed by atoms with E-state index in [0.29, 0.717) is 17.3 Å². The maximum Gasteiger partial charge on any atom is 0.419 e. The van der Waals surface area contributed by atoms with E-state index < -0.39 is 11.7 Å². The molecule has 34 heavy (non-hydrogen) atoms. The topological polar surface area (TPSA) is 97.2 Å². The van der Waals surface area contributed by atoms with Crippen LogP contribution in [0.5, 0.6) is 0 Å². The fourth-order valence-corrected chi connectivity index (χ4v) is 3.62. The summed E-state index contributed by atoms with van der Waals surface area (Å²) in [6.45, 7) is 2.68.